The lowest BCUT2D eigenvalue weighted by Gasteiger charge is -2.18. The number of rotatable bonds is 5. The van der Waals surface area contributed by atoms with E-state index in [2.05, 4.69) is 10.4 Å². The average Bonchev–Trinajstić information content (AvgIpc) is 3.19. The SMILES string of the molecule is C[C@H](Cn1cccn1)NC(=O)c1cccc(N2CCCC2=O)c1. The first-order chi connectivity index (χ1) is 11.1. The Kier molecular flexibility index (Phi) is 4.41. The lowest BCUT2D eigenvalue weighted by molar-refractivity contribution is -0.117. The maximum Gasteiger partial charge on any atom is 0.251 e. The maximum absolute atomic E-state index is 12.4. The van der Waals surface area contributed by atoms with Gasteiger partial charge in [-0.2, -0.15) is 5.10 Å². The molecule has 1 aliphatic rings. The molecule has 2 heterocycles. The fraction of sp³-hybridized carbons (Fsp3) is 0.353. The zero-order valence-electron chi connectivity index (χ0n) is 13.1. The quantitative estimate of drug-likeness (QED) is 0.916. The van der Waals surface area contributed by atoms with Crippen molar-refractivity contribution in [1.29, 1.82) is 0 Å². The van der Waals surface area contributed by atoms with Crippen molar-refractivity contribution in [1.82, 2.24) is 15.1 Å². The first kappa shape index (κ1) is 15.3. The smallest absolute Gasteiger partial charge is 0.251 e. The third kappa shape index (κ3) is 3.59. The van der Waals surface area contributed by atoms with E-state index in [1.807, 2.05) is 31.3 Å². The number of anilines is 1. The van der Waals surface area contributed by atoms with E-state index >= 15 is 0 Å². The van der Waals surface area contributed by atoms with Crippen LogP contribution in [0.15, 0.2) is 42.7 Å². The van der Waals surface area contributed by atoms with E-state index in [1.165, 1.54) is 0 Å². The van der Waals surface area contributed by atoms with Crippen molar-refractivity contribution in [3.05, 3.63) is 48.3 Å². The van der Waals surface area contributed by atoms with Crippen LogP contribution >= 0.6 is 0 Å². The summed E-state index contributed by atoms with van der Waals surface area (Å²) in [5, 5.41) is 7.09. The Morgan fingerprint density at radius 1 is 1.39 bits per heavy atom. The number of hydrogen-bond donors (Lipinski definition) is 1. The molecule has 1 saturated heterocycles. The molecule has 0 spiro atoms. The number of benzene rings is 1. The molecule has 1 fully saturated rings. The third-order valence-corrected chi connectivity index (χ3v) is 3.89. The predicted octanol–water partition coefficient (Wildman–Crippen LogP) is 1.83. The highest BCUT2D eigenvalue weighted by Crippen LogP contribution is 2.22. The number of carbonyl (C=O) groups excluding carboxylic acids is 2. The van der Waals surface area contributed by atoms with Gasteiger partial charge in [-0.1, -0.05) is 6.07 Å². The Bertz CT molecular complexity index is 696. The minimum atomic E-state index is -0.141. The van der Waals surface area contributed by atoms with Crippen LogP contribution < -0.4 is 10.2 Å². The summed E-state index contributed by atoms with van der Waals surface area (Å²) < 4.78 is 1.78. The summed E-state index contributed by atoms with van der Waals surface area (Å²) in [6, 6.07) is 9.03. The molecule has 2 amide bonds. The number of aromatic nitrogens is 2. The summed E-state index contributed by atoms with van der Waals surface area (Å²) >= 11 is 0. The van der Waals surface area contributed by atoms with E-state index in [9.17, 15) is 9.59 Å². The van der Waals surface area contributed by atoms with Crippen LogP contribution in [-0.2, 0) is 11.3 Å². The highest BCUT2D eigenvalue weighted by atomic mass is 16.2. The van der Waals surface area contributed by atoms with Crippen LogP contribution in [0, 0.1) is 0 Å². The normalized spacial score (nSPS) is 15.7. The standard InChI is InChI=1S/C17H20N4O2/c1-13(12-20-9-4-8-18-20)19-17(23)14-5-2-6-15(11-14)21-10-3-7-16(21)22/h2,4-6,8-9,11,13H,3,7,10,12H2,1H3,(H,19,23)/t13-/m1/s1. The van der Waals surface area contributed by atoms with Gasteiger partial charge in [-0.05, 0) is 37.6 Å². The number of nitrogens with zero attached hydrogens (tertiary/aromatic N) is 3. The first-order valence-corrected chi connectivity index (χ1v) is 7.82. The Morgan fingerprint density at radius 2 is 2.26 bits per heavy atom. The van der Waals surface area contributed by atoms with Crippen molar-refractivity contribution in [3.8, 4) is 0 Å². The summed E-state index contributed by atoms with van der Waals surface area (Å²) in [7, 11) is 0. The van der Waals surface area contributed by atoms with Crippen LogP contribution in [0.2, 0.25) is 0 Å². The summed E-state index contributed by atoms with van der Waals surface area (Å²) in [5.41, 5.74) is 1.36. The molecule has 1 aromatic heterocycles. The van der Waals surface area contributed by atoms with Gasteiger partial charge < -0.3 is 10.2 Å². The summed E-state index contributed by atoms with van der Waals surface area (Å²) in [5.74, 6) is -0.0206. The van der Waals surface area contributed by atoms with Crippen LogP contribution in [0.5, 0.6) is 0 Å². The van der Waals surface area contributed by atoms with Crippen LogP contribution in [0.1, 0.15) is 30.1 Å². The zero-order chi connectivity index (χ0) is 16.2. The van der Waals surface area contributed by atoms with E-state index in [-0.39, 0.29) is 17.9 Å². The second-order valence-electron chi connectivity index (χ2n) is 5.80. The van der Waals surface area contributed by atoms with E-state index in [0.29, 0.717) is 18.5 Å². The fourth-order valence-corrected chi connectivity index (χ4v) is 2.78. The van der Waals surface area contributed by atoms with E-state index in [4.69, 9.17) is 0 Å². The fourth-order valence-electron chi connectivity index (χ4n) is 2.78. The van der Waals surface area contributed by atoms with E-state index in [0.717, 1.165) is 18.7 Å². The van der Waals surface area contributed by atoms with Gasteiger partial charge in [0.25, 0.3) is 5.91 Å². The Morgan fingerprint density at radius 3 is 2.96 bits per heavy atom. The summed E-state index contributed by atoms with van der Waals surface area (Å²) in [6.07, 6.45) is 5.03. The lowest BCUT2D eigenvalue weighted by Crippen LogP contribution is -2.36. The second-order valence-corrected chi connectivity index (χ2v) is 5.80. The summed E-state index contributed by atoms with van der Waals surface area (Å²) in [4.78, 5) is 26.0. The lowest BCUT2D eigenvalue weighted by atomic mass is 10.1. The van der Waals surface area contributed by atoms with Crippen LogP contribution in [-0.4, -0.2) is 34.2 Å². The van der Waals surface area contributed by atoms with Crippen LogP contribution in [0.25, 0.3) is 0 Å². The van der Waals surface area contributed by atoms with Crippen LogP contribution in [0.3, 0.4) is 0 Å². The van der Waals surface area contributed by atoms with Gasteiger partial charge in [0.05, 0.1) is 6.54 Å². The van der Waals surface area contributed by atoms with Gasteiger partial charge in [-0.3, -0.25) is 14.3 Å². The topological polar surface area (TPSA) is 67.2 Å². The van der Waals surface area contributed by atoms with Gasteiger partial charge in [-0.25, -0.2) is 0 Å². The summed E-state index contributed by atoms with van der Waals surface area (Å²) in [6.45, 7) is 3.27. The maximum atomic E-state index is 12.4. The van der Waals surface area contributed by atoms with Crippen molar-refractivity contribution in [2.45, 2.75) is 32.4 Å². The molecule has 23 heavy (non-hydrogen) atoms. The molecule has 6 heteroatoms. The molecule has 0 saturated carbocycles. The molecule has 0 unspecified atom stereocenters. The molecule has 120 valence electrons. The van der Waals surface area contributed by atoms with E-state index < -0.39 is 0 Å². The van der Waals surface area contributed by atoms with Crippen molar-refractivity contribution >= 4 is 17.5 Å². The molecule has 1 aromatic carbocycles. The highest BCUT2D eigenvalue weighted by Gasteiger charge is 2.22. The van der Waals surface area contributed by atoms with Gasteiger partial charge in [0.15, 0.2) is 0 Å². The number of carbonyl (C=O) groups is 2. The average molecular weight is 312 g/mol. The number of hydrogen-bond acceptors (Lipinski definition) is 3. The van der Waals surface area contributed by atoms with Gasteiger partial charge in [0.2, 0.25) is 5.91 Å². The van der Waals surface area contributed by atoms with E-state index in [1.54, 1.807) is 27.9 Å². The van der Waals surface area contributed by atoms with Crippen molar-refractivity contribution in [3.63, 3.8) is 0 Å². The Hall–Kier alpha value is -2.63. The molecular formula is C17H20N4O2. The minimum Gasteiger partial charge on any atom is -0.348 e. The van der Waals surface area contributed by atoms with Crippen molar-refractivity contribution < 1.29 is 9.59 Å². The van der Waals surface area contributed by atoms with Crippen molar-refractivity contribution in [2.24, 2.45) is 0 Å². The molecule has 0 radical (unpaired) electrons. The number of nitrogens with one attached hydrogen (secondary N) is 1. The second kappa shape index (κ2) is 6.64. The zero-order valence-corrected chi connectivity index (χ0v) is 13.1. The molecule has 2 aromatic rings. The van der Waals surface area contributed by atoms with Gasteiger partial charge in [-0.15, -0.1) is 0 Å². The monoisotopic (exact) mass is 312 g/mol. The molecule has 1 N–H and O–H groups in total. The Balaban J connectivity index is 1.66. The molecule has 3 rings (SSSR count). The predicted molar refractivity (Wildman–Crippen MR) is 87.2 cm³/mol. The minimum absolute atomic E-state index is 0.0422. The molecule has 1 aliphatic heterocycles. The molecule has 1 atom stereocenters. The Labute approximate surface area is 135 Å². The van der Waals surface area contributed by atoms with Gasteiger partial charge in [0.1, 0.15) is 0 Å². The largest absolute Gasteiger partial charge is 0.348 e. The molecule has 0 aliphatic carbocycles. The van der Waals surface area contributed by atoms with Gasteiger partial charge in [0, 0.05) is 42.7 Å². The first-order valence-electron chi connectivity index (χ1n) is 7.82. The van der Waals surface area contributed by atoms with Crippen molar-refractivity contribution in [2.75, 3.05) is 11.4 Å². The van der Waals surface area contributed by atoms with Crippen LogP contribution in [0.4, 0.5) is 5.69 Å². The molecule has 0 bridgehead atoms. The highest BCUT2D eigenvalue weighted by molar-refractivity contribution is 5.99. The number of amides is 2. The molecule has 6 nitrogen and oxygen atoms in total. The van der Waals surface area contributed by atoms with Gasteiger partial charge >= 0.3 is 0 Å². The molecular weight excluding hydrogens is 292 g/mol. The third-order valence-electron chi connectivity index (χ3n) is 3.89.